The van der Waals surface area contributed by atoms with Crippen molar-refractivity contribution < 1.29 is 31.7 Å². The molecule has 0 aliphatic heterocycles. The maximum atomic E-state index is 9.37. The smallest absolute Gasteiger partial charge is 0.303 e. The van der Waals surface area contributed by atoms with Crippen LogP contribution in [0.1, 0.15) is 13.3 Å². The minimum atomic E-state index is -0.745. The molecule has 0 aromatic carbocycles. The van der Waals surface area contributed by atoms with E-state index < -0.39 is 5.97 Å². The molecular weight excluding hydrogens is 151 g/mol. The number of carboxylic acids is 1. The first-order chi connectivity index (χ1) is 2.27. The molecule has 0 bridgehead atoms. The molecule has 0 unspecified atom stereocenters. The van der Waals surface area contributed by atoms with E-state index in [0.717, 1.165) is 0 Å². The molecule has 0 aromatic rings. The molecule has 0 aliphatic carbocycles. The van der Waals surface area contributed by atoms with Gasteiger partial charge >= 0.3 is 5.97 Å². The van der Waals surface area contributed by atoms with Crippen LogP contribution in [0.5, 0.6) is 0 Å². The summed E-state index contributed by atoms with van der Waals surface area (Å²) >= 11 is 0. The first kappa shape index (κ1) is 15.8. The van der Waals surface area contributed by atoms with E-state index in [9.17, 15) is 4.79 Å². The van der Waals surface area contributed by atoms with Crippen molar-refractivity contribution in [3.63, 3.8) is 0 Å². The maximum Gasteiger partial charge on any atom is 0.303 e. The molecule has 1 N–H and O–H groups in total. The summed E-state index contributed by atoms with van der Waals surface area (Å²) in [4.78, 5) is 9.37. The van der Waals surface area contributed by atoms with E-state index in [2.05, 4.69) is 0 Å². The standard InChI is InChI=1S/C3H6O2.Cu.FH/c1-2-3(4)5;;/h2H2,1H3,(H,4,5);;1H. The minimum absolute atomic E-state index is 0. The molecule has 0 aromatic heterocycles. The van der Waals surface area contributed by atoms with E-state index in [1.807, 2.05) is 0 Å². The van der Waals surface area contributed by atoms with E-state index in [4.69, 9.17) is 5.11 Å². The minimum Gasteiger partial charge on any atom is -0.481 e. The summed E-state index contributed by atoms with van der Waals surface area (Å²) in [5.41, 5.74) is 0. The normalized spacial score (nSPS) is 5.29. The zero-order valence-corrected chi connectivity index (χ0v) is 4.71. The zero-order valence-electron chi connectivity index (χ0n) is 3.77. The van der Waals surface area contributed by atoms with Gasteiger partial charge in [-0.05, 0) is 0 Å². The number of hydrogen-bond acceptors (Lipinski definition) is 1. The third-order valence-electron chi connectivity index (χ3n) is 0.302. The Morgan fingerprint density at radius 3 is 1.86 bits per heavy atom. The average molecular weight is 158 g/mol. The molecule has 4 heteroatoms. The van der Waals surface area contributed by atoms with Crippen LogP contribution in [0.2, 0.25) is 0 Å². The Kier molecular flexibility index (Phi) is 21.0. The molecule has 49 valence electrons. The molecule has 0 spiro atoms. The van der Waals surface area contributed by atoms with Crippen LogP contribution < -0.4 is 0 Å². The van der Waals surface area contributed by atoms with Crippen LogP contribution in [0.3, 0.4) is 0 Å². The Morgan fingerprint density at radius 2 is 1.86 bits per heavy atom. The predicted molar refractivity (Wildman–Crippen MR) is 20.4 cm³/mol. The summed E-state index contributed by atoms with van der Waals surface area (Å²) in [5, 5.41) is 7.72. The van der Waals surface area contributed by atoms with Gasteiger partial charge in [-0.15, -0.1) is 0 Å². The van der Waals surface area contributed by atoms with Crippen molar-refractivity contribution >= 4 is 5.97 Å². The Labute approximate surface area is 51.7 Å². The van der Waals surface area contributed by atoms with Crippen molar-refractivity contribution in [2.24, 2.45) is 0 Å². The van der Waals surface area contributed by atoms with Gasteiger partial charge in [-0.2, -0.15) is 0 Å². The van der Waals surface area contributed by atoms with Crippen LogP contribution in [0, 0.1) is 0 Å². The number of carboxylic acid groups (broad SMARTS) is 1. The molecule has 0 fully saturated rings. The third kappa shape index (κ3) is 24.7. The third-order valence-corrected chi connectivity index (χ3v) is 0.302. The average Bonchev–Trinajstić information content (AvgIpc) is 1.38. The van der Waals surface area contributed by atoms with Crippen molar-refractivity contribution in [1.82, 2.24) is 0 Å². The van der Waals surface area contributed by atoms with E-state index in [1.165, 1.54) is 0 Å². The number of hydrogen-bond donors (Lipinski definition) is 1. The molecule has 2 nitrogen and oxygen atoms in total. The Bertz CT molecular complexity index is 48.2. The van der Waals surface area contributed by atoms with Crippen LogP contribution in [-0.2, 0) is 21.9 Å². The van der Waals surface area contributed by atoms with Gasteiger partial charge in [-0.3, -0.25) is 9.50 Å². The maximum absolute atomic E-state index is 9.37. The van der Waals surface area contributed by atoms with Crippen LogP contribution in [-0.4, -0.2) is 11.1 Å². The van der Waals surface area contributed by atoms with Crippen molar-refractivity contribution in [2.45, 2.75) is 13.3 Å². The van der Waals surface area contributed by atoms with Crippen molar-refractivity contribution in [2.75, 3.05) is 0 Å². The molecule has 0 rings (SSSR count). The van der Waals surface area contributed by atoms with Crippen LogP contribution in [0.4, 0.5) is 4.70 Å². The van der Waals surface area contributed by atoms with Gasteiger partial charge in [0.1, 0.15) is 0 Å². The number of carbonyl (C=O) groups is 1. The Balaban J connectivity index is -0.0000000800. The topological polar surface area (TPSA) is 37.3 Å². The van der Waals surface area contributed by atoms with Gasteiger partial charge in [0, 0.05) is 23.5 Å². The summed E-state index contributed by atoms with van der Waals surface area (Å²) in [5.74, 6) is -0.745. The Hall–Kier alpha value is -0.0805. The van der Waals surface area contributed by atoms with Crippen molar-refractivity contribution in [3.05, 3.63) is 0 Å². The number of aliphatic carboxylic acids is 1. The van der Waals surface area contributed by atoms with Gasteiger partial charge in [-0.1, -0.05) is 6.92 Å². The summed E-state index contributed by atoms with van der Waals surface area (Å²) < 4.78 is 0. The van der Waals surface area contributed by atoms with Crippen molar-refractivity contribution in [1.29, 1.82) is 0 Å². The summed E-state index contributed by atoms with van der Waals surface area (Å²) in [6.45, 7) is 1.60. The van der Waals surface area contributed by atoms with Crippen molar-refractivity contribution in [3.8, 4) is 0 Å². The fourth-order valence-electron chi connectivity index (χ4n) is 0. The monoisotopic (exact) mass is 157 g/mol. The van der Waals surface area contributed by atoms with Gasteiger partial charge in [0.05, 0.1) is 0 Å². The zero-order chi connectivity index (χ0) is 4.28. The van der Waals surface area contributed by atoms with Crippen LogP contribution >= 0.6 is 0 Å². The largest absolute Gasteiger partial charge is 0.481 e. The SMILES string of the molecule is CCC(=O)O.F.[Cu]. The fraction of sp³-hybridized carbons (Fsp3) is 0.667. The summed E-state index contributed by atoms with van der Waals surface area (Å²) in [6.07, 6.45) is 0.222. The Morgan fingerprint density at radius 1 is 1.71 bits per heavy atom. The molecule has 0 atom stereocenters. The second kappa shape index (κ2) is 9.33. The van der Waals surface area contributed by atoms with Gasteiger partial charge in [0.15, 0.2) is 0 Å². The first-order valence-electron chi connectivity index (χ1n) is 1.49. The van der Waals surface area contributed by atoms with Crippen LogP contribution in [0.15, 0.2) is 0 Å². The molecule has 0 saturated heterocycles. The molecule has 0 aliphatic rings. The number of rotatable bonds is 1. The number of halogens is 1. The molecule has 1 radical (unpaired) electrons. The second-order valence-electron chi connectivity index (χ2n) is 0.747. The van der Waals surface area contributed by atoms with E-state index in [0.29, 0.717) is 0 Å². The molecule has 0 saturated carbocycles. The fourth-order valence-corrected chi connectivity index (χ4v) is 0. The van der Waals surface area contributed by atoms with Gasteiger partial charge in [-0.25, -0.2) is 0 Å². The first-order valence-corrected chi connectivity index (χ1v) is 1.49. The predicted octanol–water partition coefficient (Wildman–Crippen LogP) is 0.631. The van der Waals surface area contributed by atoms with E-state index in [-0.39, 0.29) is 28.2 Å². The van der Waals surface area contributed by atoms with E-state index >= 15 is 0 Å². The molecular formula is C3H7CuFO2. The summed E-state index contributed by atoms with van der Waals surface area (Å²) in [7, 11) is 0. The quantitative estimate of drug-likeness (QED) is 0.567. The van der Waals surface area contributed by atoms with E-state index in [1.54, 1.807) is 6.92 Å². The van der Waals surface area contributed by atoms with Gasteiger partial charge in [0.25, 0.3) is 0 Å². The van der Waals surface area contributed by atoms with Gasteiger partial charge < -0.3 is 5.11 Å². The second-order valence-corrected chi connectivity index (χ2v) is 0.747. The van der Waals surface area contributed by atoms with Crippen LogP contribution in [0.25, 0.3) is 0 Å². The summed E-state index contributed by atoms with van der Waals surface area (Å²) in [6, 6.07) is 0. The molecule has 0 amide bonds. The van der Waals surface area contributed by atoms with Gasteiger partial charge in [0.2, 0.25) is 0 Å². The molecule has 7 heavy (non-hydrogen) atoms. The molecule has 0 heterocycles.